The molecular weight excluding hydrogens is 242 g/mol. The molecule has 17 heavy (non-hydrogen) atoms. The summed E-state index contributed by atoms with van der Waals surface area (Å²) >= 11 is 5.71. The van der Waals surface area contributed by atoms with Crippen molar-refractivity contribution in [2.24, 2.45) is 0 Å². The first-order valence-electron chi connectivity index (χ1n) is 4.91. The van der Waals surface area contributed by atoms with Gasteiger partial charge in [-0.1, -0.05) is 16.8 Å². The molecule has 1 N–H and O–H groups in total. The van der Waals surface area contributed by atoms with Crippen molar-refractivity contribution in [1.29, 1.82) is 0 Å². The van der Waals surface area contributed by atoms with Gasteiger partial charge in [0.1, 0.15) is 11.7 Å². The third-order valence-electron chi connectivity index (χ3n) is 2.12. The van der Waals surface area contributed by atoms with Crippen LogP contribution in [0, 0.1) is 6.92 Å². The predicted molar refractivity (Wildman–Crippen MR) is 62.6 cm³/mol. The van der Waals surface area contributed by atoms with Crippen LogP contribution in [-0.2, 0) is 11.3 Å². The number of nitrogens with zero attached hydrogens (tertiary/aromatic N) is 4. The summed E-state index contributed by atoms with van der Waals surface area (Å²) in [4.78, 5) is 15.5. The quantitative estimate of drug-likeness (QED) is 0.834. The Labute approximate surface area is 103 Å². The van der Waals surface area contributed by atoms with E-state index in [1.54, 1.807) is 18.3 Å². The number of aryl methyl sites for hydroxylation is 1. The van der Waals surface area contributed by atoms with Gasteiger partial charge in [-0.25, -0.2) is 9.67 Å². The molecule has 0 bridgehead atoms. The van der Waals surface area contributed by atoms with E-state index in [1.807, 2.05) is 6.92 Å². The first-order valence-corrected chi connectivity index (χ1v) is 5.29. The molecule has 0 saturated heterocycles. The summed E-state index contributed by atoms with van der Waals surface area (Å²) in [5.41, 5.74) is 1.43. The van der Waals surface area contributed by atoms with Gasteiger partial charge in [0.2, 0.25) is 5.91 Å². The maximum Gasteiger partial charge on any atom is 0.246 e. The lowest BCUT2D eigenvalue weighted by atomic mass is 10.4. The van der Waals surface area contributed by atoms with Gasteiger partial charge in [-0.15, -0.1) is 5.10 Å². The highest BCUT2D eigenvalue weighted by molar-refractivity contribution is 6.29. The lowest BCUT2D eigenvalue weighted by Crippen LogP contribution is -2.20. The number of hydrogen-bond donors (Lipinski definition) is 1. The average Bonchev–Trinajstić information content (AvgIpc) is 2.64. The monoisotopic (exact) mass is 251 g/mol. The van der Waals surface area contributed by atoms with Crippen LogP contribution in [0.4, 0.5) is 5.69 Å². The zero-order chi connectivity index (χ0) is 12.3. The second kappa shape index (κ2) is 4.92. The zero-order valence-electron chi connectivity index (χ0n) is 9.09. The summed E-state index contributed by atoms with van der Waals surface area (Å²) in [7, 11) is 0. The van der Waals surface area contributed by atoms with Crippen molar-refractivity contribution < 1.29 is 4.79 Å². The topological polar surface area (TPSA) is 72.7 Å². The number of anilines is 1. The summed E-state index contributed by atoms with van der Waals surface area (Å²) in [6.45, 7) is 1.95. The number of aromatic nitrogens is 4. The molecule has 88 valence electrons. The van der Waals surface area contributed by atoms with E-state index in [-0.39, 0.29) is 12.5 Å². The number of carbonyl (C=O) groups excluding carboxylic acids is 1. The second-order valence-electron chi connectivity index (χ2n) is 3.45. The Hall–Kier alpha value is -1.95. The molecule has 0 aliphatic heterocycles. The Kier molecular flexibility index (Phi) is 3.34. The molecule has 0 saturated carbocycles. The van der Waals surface area contributed by atoms with Crippen molar-refractivity contribution in [2.45, 2.75) is 13.5 Å². The fourth-order valence-corrected chi connectivity index (χ4v) is 1.46. The highest BCUT2D eigenvalue weighted by Crippen LogP contribution is 2.11. The van der Waals surface area contributed by atoms with E-state index < -0.39 is 0 Å². The molecule has 1 amide bonds. The highest BCUT2D eigenvalue weighted by atomic mass is 35.5. The third-order valence-corrected chi connectivity index (χ3v) is 2.32. The van der Waals surface area contributed by atoms with Gasteiger partial charge in [0.25, 0.3) is 0 Å². The van der Waals surface area contributed by atoms with Crippen molar-refractivity contribution in [3.8, 4) is 0 Å². The molecule has 6 nitrogen and oxygen atoms in total. The molecular formula is C10H10ClN5O. The Morgan fingerprint density at radius 3 is 3.06 bits per heavy atom. The summed E-state index contributed by atoms with van der Waals surface area (Å²) < 4.78 is 1.51. The van der Waals surface area contributed by atoms with Gasteiger partial charge in [0.05, 0.1) is 11.9 Å². The Bertz CT molecular complexity index is 539. The molecule has 2 aromatic rings. The van der Waals surface area contributed by atoms with Crippen LogP contribution in [0.15, 0.2) is 24.5 Å². The van der Waals surface area contributed by atoms with Crippen LogP contribution in [0.3, 0.4) is 0 Å². The van der Waals surface area contributed by atoms with Gasteiger partial charge in [-0.05, 0) is 19.1 Å². The number of carbonyl (C=O) groups is 1. The van der Waals surface area contributed by atoms with Gasteiger partial charge in [-0.3, -0.25) is 4.79 Å². The van der Waals surface area contributed by atoms with Crippen LogP contribution in [0.1, 0.15) is 5.69 Å². The molecule has 0 spiro atoms. The van der Waals surface area contributed by atoms with E-state index in [1.165, 1.54) is 10.9 Å². The summed E-state index contributed by atoms with van der Waals surface area (Å²) in [6.07, 6.45) is 3.12. The summed E-state index contributed by atoms with van der Waals surface area (Å²) in [5.74, 6) is -0.194. The maximum atomic E-state index is 11.7. The van der Waals surface area contributed by atoms with Crippen LogP contribution < -0.4 is 5.32 Å². The van der Waals surface area contributed by atoms with Crippen molar-refractivity contribution in [3.63, 3.8) is 0 Å². The molecule has 0 aromatic carbocycles. The van der Waals surface area contributed by atoms with Crippen LogP contribution in [0.5, 0.6) is 0 Å². The lowest BCUT2D eigenvalue weighted by Gasteiger charge is -2.05. The fourth-order valence-electron chi connectivity index (χ4n) is 1.28. The predicted octanol–water partition coefficient (Wildman–Crippen LogP) is 1.27. The van der Waals surface area contributed by atoms with Crippen molar-refractivity contribution in [3.05, 3.63) is 35.4 Å². The SMILES string of the molecule is Cc1cnnn1CC(=O)Nc1ccnc(Cl)c1. The Morgan fingerprint density at radius 1 is 1.59 bits per heavy atom. The van der Waals surface area contributed by atoms with Gasteiger partial charge in [-0.2, -0.15) is 0 Å². The zero-order valence-corrected chi connectivity index (χ0v) is 9.85. The molecule has 2 rings (SSSR count). The number of pyridine rings is 1. The normalized spacial score (nSPS) is 10.2. The molecule has 0 fully saturated rings. The fraction of sp³-hybridized carbons (Fsp3) is 0.200. The molecule has 0 unspecified atom stereocenters. The van der Waals surface area contributed by atoms with Crippen molar-refractivity contribution in [1.82, 2.24) is 20.0 Å². The number of hydrogen-bond acceptors (Lipinski definition) is 4. The van der Waals surface area contributed by atoms with Crippen molar-refractivity contribution in [2.75, 3.05) is 5.32 Å². The summed E-state index contributed by atoms with van der Waals surface area (Å²) in [5, 5.41) is 10.5. The van der Waals surface area contributed by atoms with E-state index in [4.69, 9.17) is 11.6 Å². The van der Waals surface area contributed by atoms with E-state index in [0.29, 0.717) is 10.8 Å². The minimum atomic E-state index is -0.194. The van der Waals surface area contributed by atoms with Gasteiger partial charge >= 0.3 is 0 Å². The minimum absolute atomic E-state index is 0.117. The Balaban J connectivity index is 2.01. The van der Waals surface area contributed by atoms with E-state index in [2.05, 4.69) is 20.6 Å². The first-order chi connectivity index (χ1) is 8.15. The molecule has 0 radical (unpaired) electrons. The van der Waals surface area contributed by atoms with Crippen LogP contribution in [-0.4, -0.2) is 25.9 Å². The second-order valence-corrected chi connectivity index (χ2v) is 3.84. The van der Waals surface area contributed by atoms with Gasteiger partial charge in [0.15, 0.2) is 0 Å². The average molecular weight is 252 g/mol. The molecule has 0 atom stereocenters. The standard InChI is InChI=1S/C10H10ClN5O/c1-7-5-13-15-16(7)6-10(17)14-8-2-3-12-9(11)4-8/h2-5H,6H2,1H3,(H,12,14,17). The number of nitrogens with one attached hydrogen (secondary N) is 1. The lowest BCUT2D eigenvalue weighted by molar-refractivity contribution is -0.117. The Morgan fingerprint density at radius 2 is 2.41 bits per heavy atom. The van der Waals surface area contributed by atoms with Crippen LogP contribution in [0.25, 0.3) is 0 Å². The molecule has 2 heterocycles. The van der Waals surface area contributed by atoms with Gasteiger partial charge < -0.3 is 5.32 Å². The molecule has 0 aliphatic rings. The molecule has 0 aliphatic carbocycles. The maximum absolute atomic E-state index is 11.7. The highest BCUT2D eigenvalue weighted by Gasteiger charge is 2.06. The third kappa shape index (κ3) is 3.01. The number of rotatable bonds is 3. The number of halogens is 1. The van der Waals surface area contributed by atoms with E-state index in [9.17, 15) is 4.79 Å². The molecule has 7 heteroatoms. The van der Waals surface area contributed by atoms with Crippen LogP contribution >= 0.6 is 11.6 Å². The van der Waals surface area contributed by atoms with Crippen LogP contribution in [0.2, 0.25) is 5.15 Å². The van der Waals surface area contributed by atoms with E-state index in [0.717, 1.165) is 5.69 Å². The minimum Gasteiger partial charge on any atom is -0.324 e. The van der Waals surface area contributed by atoms with Crippen molar-refractivity contribution >= 4 is 23.2 Å². The van der Waals surface area contributed by atoms with Gasteiger partial charge in [0, 0.05) is 11.9 Å². The smallest absolute Gasteiger partial charge is 0.246 e. The number of amides is 1. The van der Waals surface area contributed by atoms with E-state index >= 15 is 0 Å². The largest absolute Gasteiger partial charge is 0.324 e. The molecule has 2 aromatic heterocycles. The summed E-state index contributed by atoms with van der Waals surface area (Å²) in [6, 6.07) is 3.24. The first kappa shape index (κ1) is 11.5.